The van der Waals surface area contributed by atoms with Crippen molar-refractivity contribution in [3.63, 3.8) is 0 Å². The van der Waals surface area contributed by atoms with Gasteiger partial charge in [0.2, 0.25) is 67.2 Å². The molecule has 6 heterocycles. The molecular formula is C88H116Cl2F4N6O20S2. The molecule has 4 aliphatic carbocycles. The smallest absolute Gasteiger partial charge is 0.307 e. The van der Waals surface area contributed by atoms with Crippen molar-refractivity contribution in [1.29, 1.82) is 0 Å². The summed E-state index contributed by atoms with van der Waals surface area (Å²) in [6.07, 6.45) is 9.86. The maximum absolute atomic E-state index is 15.0. The summed E-state index contributed by atoms with van der Waals surface area (Å²) >= 11 is 13.2. The molecule has 34 heteroatoms. The van der Waals surface area contributed by atoms with E-state index in [1.165, 1.54) is 24.0 Å². The highest BCUT2D eigenvalue weighted by molar-refractivity contribution is 7.92. The molecule has 0 bridgehead atoms. The summed E-state index contributed by atoms with van der Waals surface area (Å²) in [5.41, 5.74) is -7.08. The molecule has 14 atom stereocenters. The van der Waals surface area contributed by atoms with Gasteiger partial charge in [-0.1, -0.05) is 87.3 Å². The van der Waals surface area contributed by atoms with Crippen LogP contribution in [-0.4, -0.2) is 194 Å². The number of benzene rings is 2. The molecule has 0 unspecified atom stereocenters. The number of halogens is 6. The van der Waals surface area contributed by atoms with E-state index in [1.54, 1.807) is 62.4 Å². The number of sulfonamides is 2. The number of Topliss-reactive ketones (excluding diaryl/α,β-unsaturated/α-hetero) is 2. The number of aromatic nitrogens is 2. The molecule has 4 aromatic rings. The highest BCUT2D eigenvalue weighted by atomic mass is 35.5. The number of nitrogens with one attached hydrogen (secondary N) is 2. The summed E-state index contributed by atoms with van der Waals surface area (Å²) in [5.74, 6) is -15.5. The number of pyridine rings is 2. The molecule has 2 N–H and O–H groups in total. The third-order valence-corrected chi connectivity index (χ3v) is 31.4. The van der Waals surface area contributed by atoms with E-state index in [9.17, 15) is 63.2 Å². The van der Waals surface area contributed by atoms with Crippen molar-refractivity contribution < 1.29 is 111 Å². The van der Waals surface area contributed by atoms with Crippen molar-refractivity contribution in [3.05, 3.63) is 82.9 Å². The van der Waals surface area contributed by atoms with Crippen LogP contribution in [0.15, 0.2) is 72.8 Å². The summed E-state index contributed by atoms with van der Waals surface area (Å²) in [6, 6.07) is 11.4. The monoisotopic (exact) mass is 1790 g/mol. The standard InChI is InChI=1S/2C44H58ClF2N3O10S/c2*1-26-11-8-9-12-28-23-44(28,40(54)49-61(55,56)42(5)15-16-42)24-35(51)34-20-29(59-38-30-13-10-14-33(45)32(30)21-36(48-38)58-18-17-57-7)25-50(34)39(53)31(27(2)19-26)22-37(52)60-41(3,4)43(6,46)47/h2*9-10,12-14,21,26-29,31,34H,8,11,15-20,22-25H2,1-7H3,(H,49,54)/b2*12-9-/t26-,27+,28+,29+,31-,34-,44+;26-,27-,28-,29-,31+,34+,44-/m01/s1. The quantitative estimate of drug-likeness (QED) is 0.0255. The molecule has 4 aliphatic heterocycles. The number of rotatable bonds is 26. The van der Waals surface area contributed by atoms with Crippen LogP contribution in [0.25, 0.3) is 21.5 Å². The Balaban J connectivity index is 0.000000238. The van der Waals surface area contributed by atoms with Gasteiger partial charge in [-0.15, -0.1) is 0 Å². The first-order chi connectivity index (χ1) is 57.0. The Labute approximate surface area is 721 Å². The highest BCUT2D eigenvalue weighted by Gasteiger charge is 2.65. The normalized spacial score (nSPS) is 28.8. The molecule has 0 radical (unpaired) electrons. The van der Waals surface area contributed by atoms with Crippen molar-refractivity contribution in [2.75, 3.05) is 53.7 Å². The minimum atomic E-state index is -4.03. The van der Waals surface area contributed by atoms with Crippen molar-refractivity contribution in [2.45, 2.75) is 255 Å². The van der Waals surface area contributed by atoms with Crippen LogP contribution in [0.1, 0.15) is 199 Å². The lowest BCUT2D eigenvalue weighted by Crippen LogP contribution is -2.49. The van der Waals surface area contributed by atoms with Crippen molar-refractivity contribution in [1.82, 2.24) is 29.2 Å². The lowest BCUT2D eigenvalue weighted by Gasteiger charge is -2.34. The first kappa shape index (κ1) is 94.9. The van der Waals surface area contributed by atoms with Gasteiger partial charge >= 0.3 is 11.9 Å². The van der Waals surface area contributed by atoms with Crippen LogP contribution < -0.4 is 28.4 Å². The molecule has 26 nitrogen and oxygen atoms in total. The zero-order valence-electron chi connectivity index (χ0n) is 71.9. The Morgan fingerprint density at radius 3 is 1.24 bits per heavy atom. The van der Waals surface area contributed by atoms with Gasteiger partial charge in [0, 0.05) is 97.5 Å². The van der Waals surface area contributed by atoms with Crippen molar-refractivity contribution in [3.8, 4) is 23.5 Å². The SMILES string of the molecule is COCCOc1cc2c(Cl)cccc2c(O[C@@H]2C[C@H]3C(=O)C[C@]4(C(=O)NS(=O)(=O)C5(C)CC5)C[C@H]4/C=C\CC[C@@H](C)C[C@@H](C)[C@H](CC(=O)OC(C)(C)C(C)(F)F)C(=O)N3C2)n1.COCCOc1cc2c(Cl)cccc2c(O[C@@H]2C[C@H]3C(=O)C[C@]4(C(=O)NS(=O)(=O)C5(C)CC5)C[C@H]4/C=C\CC[C@H](C)C[C@@H](C)[C@H](CC(=O)OC(C)(C)C(C)(F)F)C(=O)N3C2)n1. The van der Waals surface area contributed by atoms with Crippen LogP contribution in [0.2, 0.25) is 10.0 Å². The number of carbonyl (C=O) groups excluding carboxylic acids is 8. The molecule has 4 amide bonds. The first-order valence-corrected chi connectivity index (χ1v) is 45.8. The van der Waals surface area contributed by atoms with E-state index >= 15 is 9.59 Å². The predicted octanol–water partition coefficient (Wildman–Crippen LogP) is 14.4. The molecule has 672 valence electrons. The van der Waals surface area contributed by atoms with Gasteiger partial charge in [-0.2, -0.15) is 9.97 Å². The zero-order valence-corrected chi connectivity index (χ0v) is 75.0. The topological polar surface area (TPSA) is 335 Å². The molecule has 4 saturated carbocycles. The van der Waals surface area contributed by atoms with E-state index in [0.717, 1.165) is 27.7 Å². The number of amides is 4. The number of carbonyl (C=O) groups is 8. The largest absolute Gasteiger partial charge is 0.475 e. The minimum absolute atomic E-state index is 0.0331. The number of esters is 2. The fourth-order valence-corrected chi connectivity index (χ4v) is 20.0. The number of hydrogen-bond acceptors (Lipinski definition) is 22. The Kier molecular flexibility index (Phi) is 28.8. The fraction of sp³-hybridized carbons (Fsp3) is 0.659. The van der Waals surface area contributed by atoms with Crippen LogP contribution in [0.5, 0.6) is 23.5 Å². The number of methoxy groups -OCH3 is 2. The van der Waals surface area contributed by atoms with Gasteiger partial charge in [-0.25, -0.2) is 34.4 Å². The van der Waals surface area contributed by atoms with Crippen LogP contribution >= 0.6 is 23.2 Å². The Morgan fingerprint density at radius 1 is 0.541 bits per heavy atom. The molecule has 122 heavy (non-hydrogen) atoms. The van der Waals surface area contributed by atoms with Crippen LogP contribution in [0.4, 0.5) is 17.6 Å². The Bertz CT molecular complexity index is 4620. The number of fused-ring (bicyclic) bond motifs is 6. The molecule has 6 fully saturated rings. The van der Waals surface area contributed by atoms with Gasteiger partial charge in [-0.05, 0) is 178 Å². The summed E-state index contributed by atoms with van der Waals surface area (Å²) < 4.78 is 159. The average molecular weight is 1790 g/mol. The summed E-state index contributed by atoms with van der Waals surface area (Å²) in [6.45, 7) is 17.2. The molecule has 2 saturated heterocycles. The second kappa shape index (κ2) is 37.0. The van der Waals surface area contributed by atoms with Gasteiger partial charge < -0.3 is 47.7 Å². The van der Waals surface area contributed by atoms with Crippen LogP contribution in [0, 0.1) is 58.2 Å². The second-order valence-electron chi connectivity index (χ2n) is 36.9. The fourth-order valence-electron chi connectivity index (χ4n) is 16.8. The lowest BCUT2D eigenvalue weighted by atomic mass is 9.82. The predicted molar refractivity (Wildman–Crippen MR) is 447 cm³/mol. The maximum atomic E-state index is 15.0. The van der Waals surface area contributed by atoms with E-state index in [-0.39, 0.29) is 113 Å². The van der Waals surface area contributed by atoms with Gasteiger partial charge in [0.1, 0.15) is 25.4 Å². The Morgan fingerprint density at radius 2 is 0.902 bits per heavy atom. The number of ketones is 2. The van der Waals surface area contributed by atoms with Gasteiger partial charge in [0.15, 0.2) is 22.8 Å². The first-order valence-electron chi connectivity index (χ1n) is 42.1. The van der Waals surface area contributed by atoms with E-state index in [0.29, 0.717) is 110 Å². The zero-order chi connectivity index (χ0) is 89.4. The number of ether oxygens (including phenoxy) is 8. The molecule has 2 aromatic carbocycles. The number of hydrogen-bond donors (Lipinski definition) is 2. The van der Waals surface area contributed by atoms with E-state index < -0.39 is 183 Å². The average Bonchev–Trinajstić information content (AvgIpc) is 1.57. The third-order valence-electron chi connectivity index (χ3n) is 26.4. The molecule has 8 aliphatic rings. The molecule has 12 rings (SSSR count). The highest BCUT2D eigenvalue weighted by Crippen LogP contribution is 2.60. The molecule has 0 spiro atoms. The maximum Gasteiger partial charge on any atom is 0.307 e. The summed E-state index contributed by atoms with van der Waals surface area (Å²) in [7, 11) is -4.99. The van der Waals surface area contributed by atoms with Crippen molar-refractivity contribution in [2.24, 2.45) is 58.2 Å². The second-order valence-corrected chi connectivity index (χ2v) is 42.1. The van der Waals surface area contributed by atoms with Crippen LogP contribution in [-0.2, 0) is 77.4 Å². The Hall–Kier alpha value is -7.78. The number of nitrogens with zero attached hydrogens (tertiary/aromatic N) is 4. The lowest BCUT2D eigenvalue weighted by molar-refractivity contribution is -0.197. The molecular weight excluding hydrogens is 1670 g/mol. The van der Waals surface area contributed by atoms with Gasteiger partial charge in [-0.3, -0.25) is 47.8 Å². The van der Waals surface area contributed by atoms with Crippen molar-refractivity contribution >= 4 is 112 Å². The number of allylic oxidation sites excluding steroid dienone is 4. The van der Waals surface area contributed by atoms with E-state index in [4.69, 9.17) is 61.1 Å². The minimum Gasteiger partial charge on any atom is -0.475 e. The number of alkyl halides is 4. The molecule has 2 aromatic heterocycles. The van der Waals surface area contributed by atoms with E-state index in [2.05, 4.69) is 19.4 Å². The van der Waals surface area contributed by atoms with E-state index in [1.807, 2.05) is 52.0 Å². The summed E-state index contributed by atoms with van der Waals surface area (Å²) in [5, 5.41) is 3.06. The van der Waals surface area contributed by atoms with Gasteiger partial charge in [0.05, 0.1) is 83.4 Å². The third kappa shape index (κ3) is 21.5. The van der Waals surface area contributed by atoms with Crippen LogP contribution in [0.3, 0.4) is 0 Å². The van der Waals surface area contributed by atoms with Gasteiger partial charge in [0.25, 0.3) is 11.8 Å². The summed E-state index contributed by atoms with van der Waals surface area (Å²) in [4.78, 5) is 127.